The summed E-state index contributed by atoms with van der Waals surface area (Å²) < 4.78 is 0. The van der Waals surface area contributed by atoms with E-state index in [4.69, 9.17) is 0 Å². The van der Waals surface area contributed by atoms with Crippen molar-refractivity contribution in [1.82, 2.24) is 4.90 Å². The minimum absolute atomic E-state index is 0.277. The first-order valence-corrected chi connectivity index (χ1v) is 7.38. The van der Waals surface area contributed by atoms with Gasteiger partial charge in [0.1, 0.15) is 6.04 Å². The van der Waals surface area contributed by atoms with Crippen LogP contribution < -0.4 is 0 Å². The third-order valence-electron chi connectivity index (χ3n) is 4.41. The summed E-state index contributed by atoms with van der Waals surface area (Å²) in [6.45, 7) is 8.52. The highest BCUT2D eigenvalue weighted by atomic mass is 16.4. The molecule has 1 N–H and O–H groups in total. The average Bonchev–Trinajstić information content (AvgIpc) is 2.30. The normalized spacial score (nSPS) is 18.6. The summed E-state index contributed by atoms with van der Waals surface area (Å²) in [7, 11) is 0. The van der Waals surface area contributed by atoms with E-state index in [9.17, 15) is 9.90 Å². The van der Waals surface area contributed by atoms with Gasteiger partial charge in [-0.15, -0.1) is 0 Å². The molecule has 1 aromatic rings. The van der Waals surface area contributed by atoms with Crippen LogP contribution in [0.5, 0.6) is 0 Å². The van der Waals surface area contributed by atoms with Crippen molar-refractivity contribution in [1.29, 1.82) is 0 Å². The molecule has 1 fully saturated rings. The molecule has 110 valence electrons. The fourth-order valence-electron chi connectivity index (χ4n) is 2.73. The molecule has 0 radical (unpaired) electrons. The van der Waals surface area contributed by atoms with Gasteiger partial charge < -0.3 is 5.11 Å². The fourth-order valence-corrected chi connectivity index (χ4v) is 2.73. The van der Waals surface area contributed by atoms with Gasteiger partial charge in [-0.25, -0.2) is 0 Å². The Hall–Kier alpha value is -1.35. The van der Waals surface area contributed by atoms with Gasteiger partial charge in [-0.05, 0) is 29.7 Å². The predicted molar refractivity (Wildman–Crippen MR) is 80.7 cm³/mol. The Bertz CT molecular complexity index is 444. The van der Waals surface area contributed by atoms with Crippen molar-refractivity contribution in [2.75, 3.05) is 13.1 Å². The molecule has 0 aromatic heterocycles. The maximum atomic E-state index is 11.5. The first kappa shape index (κ1) is 15.0. The number of carboxylic acid groups (broad SMARTS) is 1. The van der Waals surface area contributed by atoms with Crippen LogP contribution in [-0.4, -0.2) is 35.1 Å². The molecule has 0 spiro atoms. The summed E-state index contributed by atoms with van der Waals surface area (Å²) >= 11 is 0. The minimum Gasteiger partial charge on any atom is -0.480 e. The summed E-state index contributed by atoms with van der Waals surface area (Å²) in [5.41, 5.74) is 1.49. The summed E-state index contributed by atoms with van der Waals surface area (Å²) in [5.74, 6) is -0.0747. The van der Waals surface area contributed by atoms with Crippen molar-refractivity contribution in [3.63, 3.8) is 0 Å². The topological polar surface area (TPSA) is 40.5 Å². The van der Waals surface area contributed by atoms with E-state index in [0.717, 1.165) is 19.5 Å². The van der Waals surface area contributed by atoms with Crippen molar-refractivity contribution in [3.05, 3.63) is 35.9 Å². The Kier molecular flexibility index (Phi) is 4.48. The lowest BCUT2D eigenvalue weighted by Gasteiger charge is -2.48. The first-order valence-electron chi connectivity index (χ1n) is 7.38. The van der Waals surface area contributed by atoms with Crippen molar-refractivity contribution >= 4 is 5.97 Å². The molecule has 0 saturated carbocycles. The van der Waals surface area contributed by atoms with E-state index in [-0.39, 0.29) is 11.5 Å². The van der Waals surface area contributed by atoms with Gasteiger partial charge in [0.05, 0.1) is 0 Å². The molecule has 1 atom stereocenters. The van der Waals surface area contributed by atoms with Crippen LogP contribution in [0.1, 0.15) is 32.8 Å². The molecule has 1 aliphatic rings. The number of nitrogens with zero attached hydrogens (tertiary/aromatic N) is 1. The van der Waals surface area contributed by atoms with Crippen molar-refractivity contribution in [3.8, 4) is 0 Å². The zero-order chi connectivity index (χ0) is 14.8. The Morgan fingerprint density at radius 3 is 2.40 bits per heavy atom. The van der Waals surface area contributed by atoms with E-state index < -0.39 is 5.97 Å². The molecule has 1 saturated heterocycles. The van der Waals surface area contributed by atoms with Crippen LogP contribution in [0.25, 0.3) is 0 Å². The molecule has 1 heterocycles. The van der Waals surface area contributed by atoms with Crippen LogP contribution in [-0.2, 0) is 11.2 Å². The molecule has 20 heavy (non-hydrogen) atoms. The van der Waals surface area contributed by atoms with Gasteiger partial charge in [0.15, 0.2) is 0 Å². The molecule has 1 unspecified atom stereocenters. The molecule has 1 aliphatic heterocycles. The van der Waals surface area contributed by atoms with Crippen LogP contribution in [0.4, 0.5) is 0 Å². The second-order valence-corrected chi connectivity index (χ2v) is 6.90. The Morgan fingerprint density at radius 2 is 1.90 bits per heavy atom. The lowest BCUT2D eigenvalue weighted by Crippen LogP contribution is -2.58. The van der Waals surface area contributed by atoms with Gasteiger partial charge in [0.2, 0.25) is 0 Å². The number of hydrogen-bond donors (Lipinski definition) is 1. The number of rotatable bonds is 5. The lowest BCUT2D eigenvalue weighted by molar-refractivity contribution is -0.148. The third kappa shape index (κ3) is 3.60. The number of carboxylic acids is 1. The van der Waals surface area contributed by atoms with Crippen LogP contribution in [0.3, 0.4) is 0 Å². The SMILES string of the molecule is CC(C)(C)C1CN(C(CCc2ccccc2)C(=O)O)C1. The second kappa shape index (κ2) is 5.96. The molecule has 0 aliphatic carbocycles. The molecular weight excluding hydrogens is 250 g/mol. The monoisotopic (exact) mass is 275 g/mol. The molecule has 0 bridgehead atoms. The zero-order valence-corrected chi connectivity index (χ0v) is 12.7. The molecule has 3 heteroatoms. The number of hydrogen-bond acceptors (Lipinski definition) is 2. The van der Waals surface area contributed by atoms with Gasteiger partial charge >= 0.3 is 5.97 Å². The van der Waals surface area contributed by atoms with Gasteiger partial charge in [-0.1, -0.05) is 51.1 Å². The third-order valence-corrected chi connectivity index (χ3v) is 4.41. The molecule has 1 aromatic carbocycles. The molecule has 0 amide bonds. The highest BCUT2D eigenvalue weighted by Gasteiger charge is 2.40. The lowest BCUT2D eigenvalue weighted by atomic mass is 9.75. The van der Waals surface area contributed by atoms with E-state index >= 15 is 0 Å². The summed E-state index contributed by atoms with van der Waals surface area (Å²) in [4.78, 5) is 13.6. The van der Waals surface area contributed by atoms with E-state index in [2.05, 4.69) is 37.8 Å². The second-order valence-electron chi connectivity index (χ2n) is 6.90. The Balaban J connectivity index is 1.88. The predicted octanol–water partition coefficient (Wildman–Crippen LogP) is 3.05. The maximum Gasteiger partial charge on any atom is 0.320 e. The fraction of sp³-hybridized carbons (Fsp3) is 0.588. The molecule has 2 rings (SSSR count). The van der Waals surface area contributed by atoms with Crippen LogP contribution in [0.15, 0.2) is 30.3 Å². The Morgan fingerprint density at radius 1 is 1.30 bits per heavy atom. The van der Waals surface area contributed by atoms with Gasteiger partial charge in [-0.2, -0.15) is 0 Å². The number of likely N-dealkylation sites (tertiary alicyclic amines) is 1. The van der Waals surface area contributed by atoms with E-state index in [1.54, 1.807) is 0 Å². The number of aliphatic carboxylic acids is 1. The van der Waals surface area contributed by atoms with Gasteiger partial charge in [0.25, 0.3) is 0 Å². The number of benzene rings is 1. The highest BCUT2D eigenvalue weighted by molar-refractivity contribution is 5.73. The van der Waals surface area contributed by atoms with Crippen LogP contribution in [0.2, 0.25) is 0 Å². The van der Waals surface area contributed by atoms with E-state index in [1.165, 1.54) is 5.56 Å². The van der Waals surface area contributed by atoms with Crippen molar-refractivity contribution in [2.24, 2.45) is 11.3 Å². The quantitative estimate of drug-likeness (QED) is 0.898. The number of aryl methyl sites for hydroxylation is 1. The largest absolute Gasteiger partial charge is 0.480 e. The maximum absolute atomic E-state index is 11.5. The smallest absolute Gasteiger partial charge is 0.320 e. The van der Waals surface area contributed by atoms with Crippen molar-refractivity contribution < 1.29 is 9.90 Å². The summed E-state index contributed by atoms with van der Waals surface area (Å²) in [6, 6.07) is 9.78. The van der Waals surface area contributed by atoms with Gasteiger partial charge in [0, 0.05) is 13.1 Å². The molecular formula is C17H25NO2. The van der Waals surface area contributed by atoms with Crippen LogP contribution in [0, 0.1) is 11.3 Å². The van der Waals surface area contributed by atoms with Crippen LogP contribution >= 0.6 is 0 Å². The summed E-state index contributed by atoms with van der Waals surface area (Å²) in [6.07, 6.45) is 1.52. The van der Waals surface area contributed by atoms with E-state index in [0.29, 0.717) is 12.3 Å². The minimum atomic E-state index is -0.687. The van der Waals surface area contributed by atoms with Crippen molar-refractivity contribution in [2.45, 2.75) is 39.7 Å². The standard InChI is InChI=1S/C17H25NO2/c1-17(2,3)14-11-18(12-14)15(16(19)20)10-9-13-7-5-4-6-8-13/h4-8,14-15H,9-12H2,1-3H3,(H,19,20). The van der Waals surface area contributed by atoms with E-state index in [1.807, 2.05) is 18.2 Å². The average molecular weight is 275 g/mol. The van der Waals surface area contributed by atoms with Gasteiger partial charge in [-0.3, -0.25) is 9.69 Å². The summed E-state index contributed by atoms with van der Waals surface area (Å²) in [5, 5.41) is 9.43. The number of carbonyl (C=O) groups is 1. The Labute approximate surface area is 121 Å². The molecule has 3 nitrogen and oxygen atoms in total. The zero-order valence-electron chi connectivity index (χ0n) is 12.7. The first-order chi connectivity index (χ1) is 9.38. The highest BCUT2D eigenvalue weighted by Crippen LogP contribution is 2.35.